The zero-order chi connectivity index (χ0) is 21.7. The molecule has 0 fully saturated rings. The average molecular weight is 410 g/mol. The Hall–Kier alpha value is -3.48. The van der Waals surface area contributed by atoms with Gasteiger partial charge in [0.05, 0.1) is 13.0 Å². The first-order valence-corrected chi connectivity index (χ1v) is 9.68. The molecular weight excluding hydrogens is 387 g/mol. The van der Waals surface area contributed by atoms with Gasteiger partial charge in [-0.3, -0.25) is 14.4 Å². The molecule has 7 heteroatoms. The van der Waals surface area contributed by atoms with Crippen molar-refractivity contribution in [3.63, 3.8) is 0 Å². The van der Waals surface area contributed by atoms with Crippen molar-refractivity contribution in [3.05, 3.63) is 76.7 Å². The normalized spacial score (nSPS) is 15.8. The number of amides is 2. The van der Waals surface area contributed by atoms with Crippen LogP contribution in [-0.2, 0) is 25.5 Å². The first kappa shape index (κ1) is 21.2. The molecule has 0 bridgehead atoms. The Bertz CT molecular complexity index is 999. The molecule has 2 aromatic carbocycles. The van der Waals surface area contributed by atoms with Crippen LogP contribution in [-0.4, -0.2) is 24.4 Å². The van der Waals surface area contributed by atoms with Crippen molar-refractivity contribution in [2.45, 2.75) is 32.6 Å². The summed E-state index contributed by atoms with van der Waals surface area (Å²) in [6.45, 7) is 3.89. The minimum atomic E-state index is -0.484. The van der Waals surface area contributed by atoms with E-state index in [2.05, 4.69) is 10.6 Å². The summed E-state index contributed by atoms with van der Waals surface area (Å²) in [5.41, 5.74) is 3.17. The van der Waals surface area contributed by atoms with Gasteiger partial charge in [0.15, 0.2) is 0 Å². The topological polar surface area (TPSA) is 84.5 Å². The van der Waals surface area contributed by atoms with E-state index in [1.54, 1.807) is 25.1 Å². The minimum Gasteiger partial charge on any atom is -0.466 e. The molecule has 6 nitrogen and oxygen atoms in total. The summed E-state index contributed by atoms with van der Waals surface area (Å²) in [5.74, 6) is -1.80. The van der Waals surface area contributed by atoms with E-state index in [9.17, 15) is 18.8 Å². The molecule has 0 aromatic heterocycles. The molecule has 0 saturated heterocycles. The lowest BCUT2D eigenvalue weighted by Gasteiger charge is -2.24. The molecule has 0 radical (unpaired) electrons. The van der Waals surface area contributed by atoms with E-state index < -0.39 is 5.92 Å². The number of aryl methyl sites for hydroxylation is 1. The quantitative estimate of drug-likeness (QED) is 0.715. The van der Waals surface area contributed by atoms with Crippen LogP contribution in [0, 0.1) is 12.7 Å². The Balaban J connectivity index is 1.82. The van der Waals surface area contributed by atoms with Gasteiger partial charge < -0.3 is 15.4 Å². The highest BCUT2D eigenvalue weighted by Gasteiger charge is 2.29. The van der Waals surface area contributed by atoms with E-state index in [0.29, 0.717) is 23.4 Å². The SMILES string of the molecule is CCOC(=O)Cc1ccc(C)c(NC(=O)C2=CNC(=O)CC2c2ccc(F)cc2)c1. The van der Waals surface area contributed by atoms with Crippen LogP contribution < -0.4 is 10.6 Å². The number of rotatable bonds is 6. The summed E-state index contributed by atoms with van der Waals surface area (Å²) in [6.07, 6.45) is 1.59. The van der Waals surface area contributed by atoms with Crippen LogP contribution in [0.3, 0.4) is 0 Å². The van der Waals surface area contributed by atoms with E-state index in [1.807, 2.05) is 19.1 Å². The van der Waals surface area contributed by atoms with E-state index >= 15 is 0 Å². The van der Waals surface area contributed by atoms with Gasteiger partial charge in [0.25, 0.3) is 5.91 Å². The third-order valence-electron chi connectivity index (χ3n) is 4.89. The Kier molecular flexibility index (Phi) is 6.61. The fourth-order valence-electron chi connectivity index (χ4n) is 3.32. The second kappa shape index (κ2) is 9.35. The smallest absolute Gasteiger partial charge is 0.310 e. The highest BCUT2D eigenvalue weighted by atomic mass is 19.1. The van der Waals surface area contributed by atoms with E-state index in [4.69, 9.17) is 4.74 Å². The second-order valence-corrected chi connectivity index (χ2v) is 7.06. The molecule has 0 saturated carbocycles. The lowest BCUT2D eigenvalue weighted by molar-refractivity contribution is -0.142. The van der Waals surface area contributed by atoms with Crippen molar-refractivity contribution in [1.82, 2.24) is 5.32 Å². The number of esters is 1. The summed E-state index contributed by atoms with van der Waals surface area (Å²) >= 11 is 0. The molecule has 0 spiro atoms. The monoisotopic (exact) mass is 410 g/mol. The number of carbonyl (C=O) groups excluding carboxylic acids is 3. The van der Waals surface area contributed by atoms with Crippen LogP contribution in [0.25, 0.3) is 0 Å². The summed E-state index contributed by atoms with van der Waals surface area (Å²) in [5, 5.41) is 5.45. The second-order valence-electron chi connectivity index (χ2n) is 7.06. The molecule has 1 aliphatic rings. The molecule has 1 atom stereocenters. The number of nitrogens with one attached hydrogen (secondary N) is 2. The fraction of sp³-hybridized carbons (Fsp3) is 0.261. The number of ether oxygens (including phenoxy) is 1. The molecule has 3 rings (SSSR count). The third-order valence-corrected chi connectivity index (χ3v) is 4.89. The van der Waals surface area contributed by atoms with Crippen LogP contribution in [0.5, 0.6) is 0 Å². The van der Waals surface area contributed by atoms with Gasteiger partial charge in [0.2, 0.25) is 5.91 Å². The number of carbonyl (C=O) groups is 3. The van der Waals surface area contributed by atoms with Crippen molar-refractivity contribution in [2.75, 3.05) is 11.9 Å². The Morgan fingerprint density at radius 1 is 1.20 bits per heavy atom. The maximum Gasteiger partial charge on any atom is 0.310 e. The van der Waals surface area contributed by atoms with Gasteiger partial charge in [-0.15, -0.1) is 0 Å². The molecule has 30 heavy (non-hydrogen) atoms. The molecule has 1 heterocycles. The first-order chi connectivity index (χ1) is 14.4. The standard InChI is InChI=1S/C23H23FN2O4/c1-3-30-22(28)11-15-5-4-14(2)20(10-15)26-23(29)19-13-25-21(27)12-18(19)16-6-8-17(24)9-7-16/h4-10,13,18H,3,11-12H2,1-2H3,(H,25,27)(H,26,29). The summed E-state index contributed by atoms with van der Waals surface area (Å²) in [4.78, 5) is 36.7. The predicted molar refractivity (Wildman–Crippen MR) is 110 cm³/mol. The fourth-order valence-corrected chi connectivity index (χ4v) is 3.32. The van der Waals surface area contributed by atoms with E-state index in [0.717, 1.165) is 11.1 Å². The lowest BCUT2D eigenvalue weighted by Crippen LogP contribution is -2.32. The number of anilines is 1. The van der Waals surface area contributed by atoms with Crippen molar-refractivity contribution < 1.29 is 23.5 Å². The summed E-state index contributed by atoms with van der Waals surface area (Å²) in [6, 6.07) is 11.1. The van der Waals surface area contributed by atoms with Crippen molar-refractivity contribution in [2.24, 2.45) is 0 Å². The van der Waals surface area contributed by atoms with Gasteiger partial charge in [-0.05, 0) is 48.7 Å². The maximum absolute atomic E-state index is 13.3. The highest BCUT2D eigenvalue weighted by molar-refractivity contribution is 6.06. The van der Waals surface area contributed by atoms with Crippen LogP contribution in [0.4, 0.5) is 10.1 Å². The molecular formula is C23H23FN2O4. The largest absolute Gasteiger partial charge is 0.466 e. The van der Waals surface area contributed by atoms with Gasteiger partial charge in [-0.2, -0.15) is 0 Å². The van der Waals surface area contributed by atoms with Crippen LogP contribution in [0.1, 0.15) is 36.0 Å². The van der Waals surface area contributed by atoms with Crippen molar-refractivity contribution >= 4 is 23.5 Å². The zero-order valence-corrected chi connectivity index (χ0v) is 16.8. The third kappa shape index (κ3) is 5.11. The number of halogens is 1. The van der Waals surface area contributed by atoms with Crippen LogP contribution >= 0.6 is 0 Å². The van der Waals surface area contributed by atoms with Gasteiger partial charge >= 0.3 is 5.97 Å². The molecule has 1 unspecified atom stereocenters. The van der Waals surface area contributed by atoms with Crippen LogP contribution in [0.2, 0.25) is 0 Å². The van der Waals surface area contributed by atoms with Crippen molar-refractivity contribution in [3.8, 4) is 0 Å². The zero-order valence-electron chi connectivity index (χ0n) is 16.8. The molecule has 2 amide bonds. The molecule has 2 N–H and O–H groups in total. The average Bonchev–Trinajstić information content (AvgIpc) is 2.71. The molecule has 2 aromatic rings. The van der Waals surface area contributed by atoms with Gasteiger partial charge in [0.1, 0.15) is 5.82 Å². The van der Waals surface area contributed by atoms with Gasteiger partial charge in [-0.1, -0.05) is 24.3 Å². The van der Waals surface area contributed by atoms with E-state index in [-0.39, 0.29) is 36.4 Å². The molecule has 0 aliphatic carbocycles. The Labute approximate surface area is 174 Å². The Morgan fingerprint density at radius 3 is 2.63 bits per heavy atom. The minimum absolute atomic E-state index is 0.0900. The summed E-state index contributed by atoms with van der Waals surface area (Å²) in [7, 11) is 0. The van der Waals surface area contributed by atoms with E-state index in [1.165, 1.54) is 18.3 Å². The molecule has 1 aliphatic heterocycles. The highest BCUT2D eigenvalue weighted by Crippen LogP contribution is 2.31. The number of benzene rings is 2. The summed E-state index contributed by atoms with van der Waals surface area (Å²) < 4.78 is 18.3. The lowest BCUT2D eigenvalue weighted by atomic mass is 9.86. The van der Waals surface area contributed by atoms with Gasteiger partial charge in [0, 0.05) is 29.8 Å². The van der Waals surface area contributed by atoms with Gasteiger partial charge in [-0.25, -0.2) is 4.39 Å². The molecule has 156 valence electrons. The van der Waals surface area contributed by atoms with Crippen molar-refractivity contribution in [1.29, 1.82) is 0 Å². The number of hydrogen-bond donors (Lipinski definition) is 2. The number of hydrogen-bond acceptors (Lipinski definition) is 4. The maximum atomic E-state index is 13.3. The predicted octanol–water partition coefficient (Wildman–Crippen LogP) is 3.37. The first-order valence-electron chi connectivity index (χ1n) is 9.68. The van der Waals surface area contributed by atoms with Crippen LogP contribution in [0.15, 0.2) is 54.2 Å². The Morgan fingerprint density at radius 2 is 1.93 bits per heavy atom.